The number of rotatable bonds is 8. The smallest absolute Gasteiger partial charge is 0.263 e. The van der Waals surface area contributed by atoms with Crippen LogP contribution in [0.15, 0.2) is 159 Å². The number of hydrogen-bond acceptors (Lipinski definition) is 7. The third-order valence-corrected chi connectivity index (χ3v) is 9.59. The number of pyridine rings is 1. The summed E-state index contributed by atoms with van der Waals surface area (Å²) < 4.78 is 30.3. The molecule has 0 bridgehead atoms. The molecule has 0 aliphatic heterocycles. The average Bonchev–Trinajstić information content (AvgIpc) is 3.52. The van der Waals surface area contributed by atoms with Gasteiger partial charge in [0, 0.05) is 26.9 Å². The van der Waals surface area contributed by atoms with Gasteiger partial charge in [0.1, 0.15) is 5.82 Å². The molecule has 0 fully saturated rings. The summed E-state index contributed by atoms with van der Waals surface area (Å²) in [4.78, 5) is 7.10. The van der Waals surface area contributed by atoms with Crippen molar-refractivity contribution in [3.63, 3.8) is 0 Å². The molecule has 0 unspecified atom stereocenters. The van der Waals surface area contributed by atoms with Crippen LogP contribution in [0.25, 0.3) is 27.4 Å². The molecule has 0 atom stereocenters. The summed E-state index contributed by atoms with van der Waals surface area (Å²) in [5, 5.41) is 16.4. The molecule has 0 saturated heterocycles. The number of para-hydroxylation sites is 1. The van der Waals surface area contributed by atoms with E-state index in [1.165, 1.54) is 27.6 Å². The highest BCUT2D eigenvalue weighted by atomic mass is 32.2. The van der Waals surface area contributed by atoms with Gasteiger partial charge in [-0.1, -0.05) is 60.3 Å². The van der Waals surface area contributed by atoms with E-state index in [0.717, 1.165) is 32.1 Å². The Bertz CT molecular complexity index is 2280. The average molecular weight is 627 g/mol. The zero-order valence-electron chi connectivity index (χ0n) is 24.1. The zero-order valence-corrected chi connectivity index (χ0v) is 25.7. The number of aryl methyl sites for hydroxylation is 1. The van der Waals surface area contributed by atoms with Crippen molar-refractivity contribution in [3.05, 3.63) is 139 Å². The molecule has 1 N–H and O–H groups in total. The molecule has 0 aliphatic carbocycles. The molecule has 0 saturated carbocycles. The van der Waals surface area contributed by atoms with Crippen LogP contribution in [0.2, 0.25) is 0 Å². The Morgan fingerprint density at radius 1 is 0.756 bits per heavy atom. The van der Waals surface area contributed by atoms with E-state index >= 15 is 0 Å². The number of aromatic nitrogens is 3. The van der Waals surface area contributed by atoms with Crippen molar-refractivity contribution in [1.82, 2.24) is 14.8 Å². The molecule has 0 amide bonds. The molecular weight excluding hydrogens is 601 g/mol. The van der Waals surface area contributed by atoms with E-state index < -0.39 is 10.0 Å². The normalized spacial score (nSPS) is 11.8. The maximum Gasteiger partial charge on any atom is 0.263 e. The van der Waals surface area contributed by atoms with E-state index in [2.05, 4.69) is 56.4 Å². The first kappa shape index (κ1) is 28.5. The Kier molecular flexibility index (Phi) is 7.58. The van der Waals surface area contributed by atoms with Gasteiger partial charge < -0.3 is 0 Å². The third-order valence-electron chi connectivity index (χ3n) is 7.17. The molecule has 10 heteroatoms. The van der Waals surface area contributed by atoms with Gasteiger partial charge in [0.25, 0.3) is 10.0 Å². The van der Waals surface area contributed by atoms with Crippen molar-refractivity contribution in [2.24, 2.45) is 10.2 Å². The van der Waals surface area contributed by atoms with Gasteiger partial charge in [-0.15, -0.1) is 0 Å². The van der Waals surface area contributed by atoms with Gasteiger partial charge in [-0.3, -0.25) is 9.71 Å². The van der Waals surface area contributed by atoms with E-state index in [0.29, 0.717) is 17.2 Å². The molecule has 0 radical (unpaired) electrons. The van der Waals surface area contributed by atoms with Gasteiger partial charge in [0.15, 0.2) is 0 Å². The summed E-state index contributed by atoms with van der Waals surface area (Å²) in [7, 11) is -3.85. The van der Waals surface area contributed by atoms with Crippen molar-refractivity contribution in [1.29, 1.82) is 0 Å². The van der Waals surface area contributed by atoms with Gasteiger partial charge in [0.05, 0.1) is 33.7 Å². The highest BCUT2D eigenvalue weighted by molar-refractivity contribution is 7.99. The van der Waals surface area contributed by atoms with Crippen LogP contribution in [0.4, 0.5) is 17.2 Å². The molecule has 220 valence electrons. The fourth-order valence-corrected chi connectivity index (χ4v) is 7.16. The van der Waals surface area contributed by atoms with E-state index in [1.54, 1.807) is 36.2 Å². The maximum atomic E-state index is 13.1. The second kappa shape index (κ2) is 12.0. The first-order valence-electron chi connectivity index (χ1n) is 14.1. The summed E-state index contributed by atoms with van der Waals surface area (Å²) in [5.41, 5.74) is 3.92. The Morgan fingerprint density at radius 3 is 2.20 bits per heavy atom. The van der Waals surface area contributed by atoms with Crippen LogP contribution in [0, 0.1) is 6.92 Å². The standard InChI is InChI=1S/C35H26N6O2S2/c1-24-23-33(35-31-10-6-5-7-25(31)11-20-32(35)37-24)44-29-16-12-26(13-17-29)38-39-27-14-18-30(19-15-27)45(42,43)40-34-21-22-36-41(34)28-8-3-2-4-9-28/h2-23,40H,1H3. The lowest BCUT2D eigenvalue weighted by Gasteiger charge is -2.11. The molecule has 5 aromatic carbocycles. The minimum Gasteiger partial charge on any atom is -0.263 e. The lowest BCUT2D eigenvalue weighted by molar-refractivity contribution is 0.600. The Hall–Kier alpha value is -5.32. The number of azo groups is 1. The van der Waals surface area contributed by atoms with Crippen LogP contribution in [-0.2, 0) is 10.0 Å². The Morgan fingerprint density at radius 2 is 1.44 bits per heavy atom. The maximum absolute atomic E-state index is 13.1. The van der Waals surface area contributed by atoms with E-state index in [4.69, 9.17) is 4.98 Å². The highest BCUT2D eigenvalue weighted by Crippen LogP contribution is 2.38. The summed E-state index contributed by atoms with van der Waals surface area (Å²) in [6.07, 6.45) is 1.55. The number of fused-ring (bicyclic) bond motifs is 3. The highest BCUT2D eigenvalue weighted by Gasteiger charge is 2.17. The topological polar surface area (TPSA) is 102 Å². The van der Waals surface area contributed by atoms with Crippen molar-refractivity contribution in [2.75, 3.05) is 4.72 Å². The van der Waals surface area contributed by atoms with Crippen LogP contribution >= 0.6 is 11.8 Å². The molecule has 8 nitrogen and oxygen atoms in total. The largest absolute Gasteiger partial charge is 0.263 e. The minimum absolute atomic E-state index is 0.107. The Labute approximate surface area is 264 Å². The van der Waals surface area contributed by atoms with Crippen LogP contribution in [0.1, 0.15) is 5.69 Å². The third kappa shape index (κ3) is 6.06. The SMILES string of the molecule is Cc1cc(Sc2ccc(N=Nc3ccc(S(=O)(=O)Nc4ccnn4-c4ccccc4)cc3)cc2)c2c(ccc3ccccc32)n1. The molecular formula is C35H26N6O2S2. The van der Waals surface area contributed by atoms with Crippen LogP contribution in [0.3, 0.4) is 0 Å². The van der Waals surface area contributed by atoms with Crippen LogP contribution in [-0.4, -0.2) is 23.2 Å². The summed E-state index contributed by atoms with van der Waals surface area (Å²) in [6, 6.07) is 39.7. The molecule has 7 rings (SSSR count). The fourth-order valence-electron chi connectivity index (χ4n) is 5.04. The number of nitrogens with zero attached hydrogens (tertiary/aromatic N) is 5. The van der Waals surface area contributed by atoms with Crippen LogP contribution < -0.4 is 4.72 Å². The predicted octanol–water partition coefficient (Wildman–Crippen LogP) is 9.25. The van der Waals surface area contributed by atoms with Gasteiger partial charge in [-0.05, 0) is 90.5 Å². The molecule has 0 aliphatic rings. The van der Waals surface area contributed by atoms with Gasteiger partial charge in [-0.25, -0.2) is 13.1 Å². The number of benzene rings is 5. The second-order valence-corrected chi connectivity index (χ2v) is 13.1. The fraction of sp³-hybridized carbons (Fsp3) is 0.0286. The quantitative estimate of drug-likeness (QED) is 0.134. The van der Waals surface area contributed by atoms with Crippen LogP contribution in [0.5, 0.6) is 0 Å². The number of anilines is 1. The Balaban J connectivity index is 1.05. The minimum atomic E-state index is -3.85. The van der Waals surface area contributed by atoms with Gasteiger partial charge in [-0.2, -0.15) is 15.3 Å². The lowest BCUT2D eigenvalue weighted by Crippen LogP contribution is -2.15. The van der Waals surface area contributed by atoms with Crippen molar-refractivity contribution < 1.29 is 8.42 Å². The van der Waals surface area contributed by atoms with E-state index in [9.17, 15) is 8.42 Å². The first-order chi connectivity index (χ1) is 21.9. The molecule has 45 heavy (non-hydrogen) atoms. The van der Waals surface area contributed by atoms with Gasteiger partial charge >= 0.3 is 0 Å². The first-order valence-corrected chi connectivity index (χ1v) is 16.4. The van der Waals surface area contributed by atoms with Crippen molar-refractivity contribution >= 4 is 60.7 Å². The zero-order chi connectivity index (χ0) is 30.8. The molecule has 2 aromatic heterocycles. The number of nitrogens with one attached hydrogen (secondary N) is 1. The van der Waals surface area contributed by atoms with E-state index in [1.807, 2.05) is 67.6 Å². The predicted molar refractivity (Wildman–Crippen MR) is 180 cm³/mol. The summed E-state index contributed by atoms with van der Waals surface area (Å²) in [6.45, 7) is 2.02. The summed E-state index contributed by atoms with van der Waals surface area (Å²) >= 11 is 1.69. The van der Waals surface area contributed by atoms with Crippen molar-refractivity contribution in [2.45, 2.75) is 21.6 Å². The lowest BCUT2D eigenvalue weighted by atomic mass is 10.0. The second-order valence-electron chi connectivity index (χ2n) is 10.3. The number of sulfonamides is 1. The molecule has 0 spiro atoms. The van der Waals surface area contributed by atoms with Crippen molar-refractivity contribution in [3.8, 4) is 5.69 Å². The summed E-state index contributed by atoms with van der Waals surface area (Å²) in [5.74, 6) is 0.340. The molecule has 2 heterocycles. The van der Waals surface area contributed by atoms with Gasteiger partial charge in [0.2, 0.25) is 0 Å². The molecule has 7 aromatic rings. The monoisotopic (exact) mass is 626 g/mol. The number of hydrogen-bond donors (Lipinski definition) is 1. The van der Waals surface area contributed by atoms with E-state index in [-0.39, 0.29) is 4.90 Å².